The lowest BCUT2D eigenvalue weighted by Gasteiger charge is -2.12. The van der Waals surface area contributed by atoms with Gasteiger partial charge in [0.15, 0.2) is 0 Å². The minimum Gasteiger partial charge on any atom is -0.496 e. The molecule has 78 valence electrons. The highest BCUT2D eigenvalue weighted by Crippen LogP contribution is 2.29. The van der Waals surface area contributed by atoms with Crippen molar-refractivity contribution in [2.45, 2.75) is 10.9 Å². The summed E-state index contributed by atoms with van der Waals surface area (Å²) in [6.07, 6.45) is 1.98. The summed E-state index contributed by atoms with van der Waals surface area (Å²) >= 11 is 1.60. The summed E-state index contributed by atoms with van der Waals surface area (Å²) in [4.78, 5) is 1.04. The van der Waals surface area contributed by atoms with Gasteiger partial charge in [0.2, 0.25) is 0 Å². The zero-order valence-corrected chi connectivity index (χ0v) is 9.17. The Hall–Kier alpha value is -0.710. The molecule has 0 saturated heterocycles. The molecule has 0 aromatic heterocycles. The molecule has 0 aliphatic carbocycles. The fourth-order valence-corrected chi connectivity index (χ4v) is 1.80. The van der Waals surface area contributed by atoms with Crippen LogP contribution in [-0.2, 0) is 0 Å². The lowest BCUT2D eigenvalue weighted by Crippen LogP contribution is -2.14. The highest BCUT2D eigenvalue weighted by Gasteiger charge is 2.08. The second-order valence-corrected chi connectivity index (χ2v) is 3.75. The van der Waals surface area contributed by atoms with Crippen LogP contribution in [0.5, 0.6) is 5.75 Å². The third-order valence-corrected chi connectivity index (χ3v) is 2.79. The number of aliphatic hydroxyl groups is 1. The molecule has 0 spiro atoms. The van der Waals surface area contributed by atoms with Gasteiger partial charge in [-0.25, -0.2) is 0 Å². The topological polar surface area (TPSA) is 55.5 Å². The van der Waals surface area contributed by atoms with Gasteiger partial charge in [0, 0.05) is 4.90 Å². The molecule has 0 bridgehead atoms. The zero-order valence-electron chi connectivity index (χ0n) is 8.36. The maximum atomic E-state index is 8.92. The average molecular weight is 213 g/mol. The smallest absolute Gasteiger partial charge is 0.132 e. The van der Waals surface area contributed by atoms with Crippen molar-refractivity contribution < 1.29 is 9.84 Å². The van der Waals surface area contributed by atoms with E-state index < -0.39 is 0 Å². The van der Waals surface area contributed by atoms with Crippen LogP contribution in [0.15, 0.2) is 23.1 Å². The molecule has 1 atom stereocenters. The molecule has 1 rings (SSSR count). The second kappa shape index (κ2) is 5.24. The van der Waals surface area contributed by atoms with Gasteiger partial charge >= 0.3 is 0 Å². The summed E-state index contributed by atoms with van der Waals surface area (Å²) in [7, 11) is 1.64. The number of benzene rings is 1. The zero-order chi connectivity index (χ0) is 10.6. The van der Waals surface area contributed by atoms with E-state index in [1.54, 1.807) is 18.9 Å². The predicted octanol–water partition coefficient (Wildman–Crippen LogP) is 1.41. The van der Waals surface area contributed by atoms with Crippen LogP contribution in [0, 0.1) is 0 Å². The second-order valence-electron chi connectivity index (χ2n) is 2.90. The molecule has 0 radical (unpaired) electrons. The average Bonchev–Trinajstić information content (AvgIpc) is 2.26. The monoisotopic (exact) mass is 213 g/mol. The van der Waals surface area contributed by atoms with Crippen molar-refractivity contribution in [3.8, 4) is 5.75 Å². The van der Waals surface area contributed by atoms with Crippen molar-refractivity contribution in [3.63, 3.8) is 0 Å². The fourth-order valence-electron chi connectivity index (χ4n) is 1.19. The van der Waals surface area contributed by atoms with Gasteiger partial charge in [0.1, 0.15) is 5.75 Å². The molecule has 3 nitrogen and oxygen atoms in total. The van der Waals surface area contributed by atoms with Gasteiger partial charge in [-0.2, -0.15) is 0 Å². The van der Waals surface area contributed by atoms with Crippen molar-refractivity contribution in [1.29, 1.82) is 0 Å². The summed E-state index contributed by atoms with van der Waals surface area (Å²) in [5.74, 6) is 0.839. The van der Waals surface area contributed by atoms with Gasteiger partial charge in [-0.1, -0.05) is 6.07 Å². The first kappa shape index (κ1) is 11.4. The largest absolute Gasteiger partial charge is 0.496 e. The molecule has 4 heteroatoms. The summed E-state index contributed by atoms with van der Waals surface area (Å²) in [6.45, 7) is -0.0415. The third kappa shape index (κ3) is 2.41. The summed E-state index contributed by atoms with van der Waals surface area (Å²) in [6, 6.07) is 5.38. The highest BCUT2D eigenvalue weighted by molar-refractivity contribution is 7.98. The van der Waals surface area contributed by atoms with E-state index in [0.717, 1.165) is 16.2 Å². The number of rotatable bonds is 4. The Bertz CT molecular complexity index is 304. The third-order valence-electron chi connectivity index (χ3n) is 2.03. The SMILES string of the molecule is COc1ccc(C(N)CO)cc1SC. The van der Waals surface area contributed by atoms with Gasteiger partial charge in [-0.15, -0.1) is 11.8 Å². The summed E-state index contributed by atoms with van der Waals surface area (Å²) < 4.78 is 5.18. The molecule has 1 aromatic carbocycles. The van der Waals surface area contributed by atoms with Crippen LogP contribution in [0.4, 0.5) is 0 Å². The van der Waals surface area contributed by atoms with Crippen LogP contribution in [0.3, 0.4) is 0 Å². The number of ether oxygens (including phenoxy) is 1. The van der Waals surface area contributed by atoms with Crippen LogP contribution in [-0.4, -0.2) is 25.1 Å². The summed E-state index contributed by atoms with van der Waals surface area (Å²) in [5, 5.41) is 8.92. The summed E-state index contributed by atoms with van der Waals surface area (Å²) in [5.41, 5.74) is 6.64. The Labute approximate surface area is 88.3 Å². The van der Waals surface area contributed by atoms with Crippen molar-refractivity contribution in [2.24, 2.45) is 5.73 Å². The quantitative estimate of drug-likeness (QED) is 0.742. The maximum absolute atomic E-state index is 8.92. The van der Waals surface area contributed by atoms with E-state index in [2.05, 4.69) is 0 Å². The van der Waals surface area contributed by atoms with E-state index in [4.69, 9.17) is 15.6 Å². The number of hydrogen-bond donors (Lipinski definition) is 2. The maximum Gasteiger partial charge on any atom is 0.132 e. The Morgan fingerprint density at radius 1 is 1.57 bits per heavy atom. The molecule has 0 aliphatic rings. The molecule has 0 amide bonds. The molecule has 0 aliphatic heterocycles. The molecule has 1 unspecified atom stereocenters. The van der Waals surface area contributed by atoms with Crippen LogP contribution in [0.2, 0.25) is 0 Å². The Kier molecular flexibility index (Phi) is 4.25. The molecule has 3 N–H and O–H groups in total. The Morgan fingerprint density at radius 2 is 2.29 bits per heavy atom. The van der Waals surface area contributed by atoms with Gasteiger partial charge in [0.25, 0.3) is 0 Å². The van der Waals surface area contributed by atoms with E-state index in [1.807, 2.05) is 24.5 Å². The normalized spacial score (nSPS) is 12.6. The number of hydrogen-bond acceptors (Lipinski definition) is 4. The first-order chi connectivity index (χ1) is 6.72. The van der Waals surface area contributed by atoms with E-state index in [0.29, 0.717) is 0 Å². The highest BCUT2D eigenvalue weighted by atomic mass is 32.2. The fraction of sp³-hybridized carbons (Fsp3) is 0.400. The minimum atomic E-state index is -0.313. The Balaban J connectivity index is 3.01. The molecule has 0 saturated carbocycles. The number of aliphatic hydroxyl groups excluding tert-OH is 1. The van der Waals surface area contributed by atoms with Crippen molar-refractivity contribution in [3.05, 3.63) is 23.8 Å². The number of nitrogens with two attached hydrogens (primary N) is 1. The molecular formula is C10H15NO2S. The van der Waals surface area contributed by atoms with Gasteiger partial charge < -0.3 is 15.6 Å². The first-order valence-electron chi connectivity index (χ1n) is 4.31. The van der Waals surface area contributed by atoms with Crippen molar-refractivity contribution >= 4 is 11.8 Å². The molecule has 14 heavy (non-hydrogen) atoms. The van der Waals surface area contributed by atoms with Gasteiger partial charge in [0.05, 0.1) is 19.8 Å². The lowest BCUT2D eigenvalue weighted by atomic mass is 10.1. The predicted molar refractivity (Wildman–Crippen MR) is 58.8 cm³/mol. The van der Waals surface area contributed by atoms with Crippen LogP contribution < -0.4 is 10.5 Å². The van der Waals surface area contributed by atoms with Crippen molar-refractivity contribution in [1.82, 2.24) is 0 Å². The van der Waals surface area contributed by atoms with E-state index in [-0.39, 0.29) is 12.6 Å². The molecular weight excluding hydrogens is 198 g/mol. The van der Waals surface area contributed by atoms with Crippen LogP contribution in [0.1, 0.15) is 11.6 Å². The van der Waals surface area contributed by atoms with Gasteiger partial charge in [-0.05, 0) is 24.0 Å². The minimum absolute atomic E-state index is 0.0415. The van der Waals surface area contributed by atoms with E-state index in [1.165, 1.54) is 0 Å². The van der Waals surface area contributed by atoms with E-state index >= 15 is 0 Å². The molecule has 0 heterocycles. The first-order valence-corrected chi connectivity index (χ1v) is 5.53. The number of thioether (sulfide) groups is 1. The Morgan fingerprint density at radius 3 is 2.79 bits per heavy atom. The van der Waals surface area contributed by atoms with Crippen LogP contribution in [0.25, 0.3) is 0 Å². The van der Waals surface area contributed by atoms with Crippen molar-refractivity contribution in [2.75, 3.05) is 20.0 Å². The molecule has 0 fully saturated rings. The standard InChI is InChI=1S/C10H15NO2S/c1-13-9-4-3-7(8(11)6-12)5-10(9)14-2/h3-5,8,12H,6,11H2,1-2H3. The van der Waals surface area contributed by atoms with E-state index in [9.17, 15) is 0 Å². The molecule has 1 aromatic rings. The van der Waals surface area contributed by atoms with Crippen LogP contribution >= 0.6 is 11.8 Å². The lowest BCUT2D eigenvalue weighted by molar-refractivity contribution is 0.267. The van der Waals surface area contributed by atoms with Gasteiger partial charge in [-0.3, -0.25) is 0 Å². The number of methoxy groups -OCH3 is 1.